The Hall–Kier alpha value is -3.07. The van der Waals surface area contributed by atoms with Crippen molar-refractivity contribution >= 4 is 34.6 Å². The number of aromatic nitrogens is 2. The van der Waals surface area contributed by atoms with E-state index < -0.39 is 11.9 Å². The first-order chi connectivity index (χ1) is 13.9. The second-order valence-electron chi connectivity index (χ2n) is 6.82. The van der Waals surface area contributed by atoms with E-state index in [2.05, 4.69) is 15.6 Å². The predicted octanol–water partition coefficient (Wildman–Crippen LogP) is 2.61. The Morgan fingerprint density at radius 1 is 1.21 bits per heavy atom. The Morgan fingerprint density at radius 2 is 2.00 bits per heavy atom. The quantitative estimate of drug-likeness (QED) is 0.455. The zero-order chi connectivity index (χ0) is 20.8. The first-order valence-electron chi connectivity index (χ1n) is 9.16. The van der Waals surface area contributed by atoms with E-state index in [0.29, 0.717) is 28.4 Å². The second-order valence-corrected chi connectivity index (χ2v) is 7.77. The zero-order valence-corrected chi connectivity index (χ0v) is 17.0. The third kappa shape index (κ3) is 5.47. The molecule has 2 heterocycles. The van der Waals surface area contributed by atoms with Gasteiger partial charge >= 0.3 is 6.03 Å². The molecule has 0 saturated carbocycles. The summed E-state index contributed by atoms with van der Waals surface area (Å²) >= 11 is 1.09. The molecule has 0 atom stereocenters. The van der Waals surface area contributed by atoms with E-state index in [1.54, 1.807) is 36.4 Å². The molecule has 0 unspecified atom stereocenters. The van der Waals surface area contributed by atoms with E-state index in [9.17, 15) is 14.4 Å². The average Bonchev–Trinajstić information content (AvgIpc) is 3.20. The molecule has 0 aliphatic carbocycles. The van der Waals surface area contributed by atoms with E-state index >= 15 is 0 Å². The van der Waals surface area contributed by atoms with Crippen molar-refractivity contribution in [2.45, 2.75) is 25.5 Å². The highest BCUT2D eigenvalue weighted by Crippen LogP contribution is 2.19. The van der Waals surface area contributed by atoms with Crippen molar-refractivity contribution < 1.29 is 14.0 Å². The Bertz CT molecular complexity index is 1060. The minimum absolute atomic E-state index is 0.0575. The number of para-hydroxylation sites is 1. The molecule has 152 valence electrons. The van der Waals surface area contributed by atoms with Gasteiger partial charge in [-0.3, -0.25) is 19.5 Å². The maximum atomic E-state index is 13.0. The lowest BCUT2D eigenvalue weighted by molar-refractivity contribution is -0.117. The highest BCUT2D eigenvalue weighted by molar-refractivity contribution is 7.99. The van der Waals surface area contributed by atoms with Crippen molar-refractivity contribution in [1.29, 1.82) is 0 Å². The fraction of sp³-hybridized carbons (Fsp3) is 0.300. The summed E-state index contributed by atoms with van der Waals surface area (Å²) in [6, 6.07) is 10.0. The predicted molar refractivity (Wildman–Crippen MR) is 111 cm³/mol. The summed E-state index contributed by atoms with van der Waals surface area (Å²) in [5.41, 5.74) is 0.329. The van der Waals surface area contributed by atoms with Gasteiger partial charge in [0, 0.05) is 6.54 Å². The standard InChI is InChI=1S/C20H22N4O4S/c1-13(2)10-21-19(27)23-17(25)12-29-20-22-16-8-4-3-7-15(16)18(26)24(20)11-14-6-5-9-28-14/h3-9,13H,10-12H2,1-2H3,(H2,21,23,25,27). The normalized spacial score (nSPS) is 11.0. The molecule has 0 radical (unpaired) electrons. The molecule has 2 N–H and O–H groups in total. The Kier molecular flexibility index (Phi) is 6.71. The lowest BCUT2D eigenvalue weighted by Gasteiger charge is -2.12. The first kappa shape index (κ1) is 20.7. The van der Waals surface area contributed by atoms with Gasteiger partial charge in [0.05, 0.1) is 29.5 Å². The van der Waals surface area contributed by atoms with Crippen LogP contribution in [0.3, 0.4) is 0 Å². The molecule has 3 rings (SSSR count). The SMILES string of the molecule is CC(C)CNC(=O)NC(=O)CSc1nc2ccccc2c(=O)n1Cc1ccco1. The number of benzene rings is 1. The van der Waals surface area contributed by atoms with Crippen LogP contribution in [-0.4, -0.2) is 33.8 Å². The average molecular weight is 414 g/mol. The van der Waals surface area contributed by atoms with Crippen molar-refractivity contribution in [2.75, 3.05) is 12.3 Å². The minimum Gasteiger partial charge on any atom is -0.467 e. The summed E-state index contributed by atoms with van der Waals surface area (Å²) in [5, 5.41) is 5.77. The molecule has 29 heavy (non-hydrogen) atoms. The van der Waals surface area contributed by atoms with Crippen LogP contribution in [0.1, 0.15) is 19.6 Å². The van der Waals surface area contributed by atoms with Crippen molar-refractivity contribution in [3.63, 3.8) is 0 Å². The maximum absolute atomic E-state index is 13.0. The van der Waals surface area contributed by atoms with E-state index in [1.807, 2.05) is 13.8 Å². The van der Waals surface area contributed by atoms with Crippen LogP contribution in [-0.2, 0) is 11.3 Å². The number of urea groups is 1. The van der Waals surface area contributed by atoms with Gasteiger partial charge < -0.3 is 9.73 Å². The van der Waals surface area contributed by atoms with Gasteiger partial charge in [-0.05, 0) is 30.2 Å². The van der Waals surface area contributed by atoms with Gasteiger partial charge in [-0.25, -0.2) is 9.78 Å². The number of carbonyl (C=O) groups excluding carboxylic acids is 2. The summed E-state index contributed by atoms with van der Waals surface area (Å²) < 4.78 is 6.83. The van der Waals surface area contributed by atoms with Crippen molar-refractivity contribution in [2.24, 2.45) is 5.92 Å². The zero-order valence-electron chi connectivity index (χ0n) is 16.2. The molecule has 0 spiro atoms. The monoisotopic (exact) mass is 414 g/mol. The topological polar surface area (TPSA) is 106 Å². The number of thioether (sulfide) groups is 1. The van der Waals surface area contributed by atoms with Gasteiger partial charge in [0.25, 0.3) is 5.56 Å². The van der Waals surface area contributed by atoms with Gasteiger partial charge in [-0.2, -0.15) is 0 Å². The van der Waals surface area contributed by atoms with E-state index in [0.717, 1.165) is 11.8 Å². The molecular weight excluding hydrogens is 392 g/mol. The summed E-state index contributed by atoms with van der Waals surface area (Å²) in [7, 11) is 0. The summed E-state index contributed by atoms with van der Waals surface area (Å²) in [6.07, 6.45) is 1.53. The molecule has 9 heteroatoms. The van der Waals surface area contributed by atoms with Crippen molar-refractivity contribution in [3.05, 3.63) is 58.8 Å². The molecule has 8 nitrogen and oxygen atoms in total. The summed E-state index contributed by atoms with van der Waals surface area (Å²) in [6.45, 7) is 4.59. The van der Waals surface area contributed by atoms with Crippen LogP contribution in [0.4, 0.5) is 4.79 Å². The van der Waals surface area contributed by atoms with Crippen molar-refractivity contribution in [3.8, 4) is 0 Å². The third-order valence-corrected chi connectivity index (χ3v) is 4.95. The largest absolute Gasteiger partial charge is 0.467 e. The fourth-order valence-corrected chi connectivity index (χ4v) is 3.39. The lowest BCUT2D eigenvalue weighted by Crippen LogP contribution is -2.41. The number of nitrogens with zero attached hydrogens (tertiary/aromatic N) is 2. The van der Waals surface area contributed by atoms with Crippen LogP contribution in [0.25, 0.3) is 10.9 Å². The van der Waals surface area contributed by atoms with Crippen LogP contribution in [0.2, 0.25) is 0 Å². The number of hydrogen-bond acceptors (Lipinski definition) is 6. The van der Waals surface area contributed by atoms with Crippen LogP contribution < -0.4 is 16.2 Å². The lowest BCUT2D eigenvalue weighted by atomic mass is 10.2. The van der Waals surface area contributed by atoms with E-state index in [-0.39, 0.29) is 23.8 Å². The molecule has 0 aliphatic heterocycles. The molecule has 3 aromatic rings. The highest BCUT2D eigenvalue weighted by Gasteiger charge is 2.15. The molecule has 1 aromatic carbocycles. The molecule has 0 aliphatic rings. The van der Waals surface area contributed by atoms with Crippen LogP contribution in [0.15, 0.2) is 57.0 Å². The number of amides is 3. The number of carbonyl (C=O) groups is 2. The third-order valence-electron chi connectivity index (χ3n) is 3.98. The Morgan fingerprint density at radius 3 is 2.72 bits per heavy atom. The fourth-order valence-electron chi connectivity index (χ4n) is 2.59. The number of rotatable bonds is 7. The molecule has 0 bridgehead atoms. The van der Waals surface area contributed by atoms with E-state index in [1.165, 1.54) is 10.8 Å². The van der Waals surface area contributed by atoms with Gasteiger partial charge in [0.1, 0.15) is 5.76 Å². The van der Waals surface area contributed by atoms with Gasteiger partial charge in [0.15, 0.2) is 5.16 Å². The number of furan rings is 1. The van der Waals surface area contributed by atoms with Crippen LogP contribution >= 0.6 is 11.8 Å². The molecule has 3 amide bonds. The number of imide groups is 1. The number of hydrogen-bond donors (Lipinski definition) is 2. The van der Waals surface area contributed by atoms with Crippen molar-refractivity contribution in [1.82, 2.24) is 20.2 Å². The molecule has 0 fully saturated rings. The molecule has 0 saturated heterocycles. The molecule has 2 aromatic heterocycles. The van der Waals surface area contributed by atoms with Crippen LogP contribution in [0, 0.1) is 5.92 Å². The minimum atomic E-state index is -0.538. The summed E-state index contributed by atoms with van der Waals surface area (Å²) in [5.74, 6) is 0.354. The second kappa shape index (κ2) is 9.42. The number of nitrogens with one attached hydrogen (secondary N) is 2. The maximum Gasteiger partial charge on any atom is 0.321 e. The van der Waals surface area contributed by atoms with Gasteiger partial charge in [-0.1, -0.05) is 37.7 Å². The van der Waals surface area contributed by atoms with Gasteiger partial charge in [-0.15, -0.1) is 0 Å². The smallest absolute Gasteiger partial charge is 0.321 e. The van der Waals surface area contributed by atoms with Gasteiger partial charge in [0.2, 0.25) is 5.91 Å². The highest BCUT2D eigenvalue weighted by atomic mass is 32.2. The first-order valence-corrected chi connectivity index (χ1v) is 10.1. The Balaban J connectivity index is 1.78. The van der Waals surface area contributed by atoms with E-state index in [4.69, 9.17) is 4.42 Å². The Labute approximate surface area is 171 Å². The summed E-state index contributed by atoms with van der Waals surface area (Å²) in [4.78, 5) is 41.3. The number of fused-ring (bicyclic) bond motifs is 1. The molecular formula is C20H22N4O4S. The van der Waals surface area contributed by atoms with Crippen LogP contribution in [0.5, 0.6) is 0 Å².